The predicted molar refractivity (Wildman–Crippen MR) is 118 cm³/mol. The second-order valence-corrected chi connectivity index (χ2v) is 8.23. The number of hydrogen-bond donors (Lipinski definition) is 3. The Labute approximate surface area is 192 Å². The number of carbonyl (C=O) groups is 3. The third-order valence-corrected chi connectivity index (χ3v) is 5.69. The van der Waals surface area contributed by atoms with Crippen LogP contribution in [0.15, 0.2) is 30.3 Å². The Morgan fingerprint density at radius 3 is 2.39 bits per heavy atom. The highest BCUT2D eigenvalue weighted by Gasteiger charge is 2.28. The van der Waals surface area contributed by atoms with Gasteiger partial charge in [0.05, 0.1) is 22.9 Å². The van der Waals surface area contributed by atoms with Gasteiger partial charge in [-0.3, -0.25) is 19.0 Å². The molecule has 7 nitrogen and oxygen atoms in total. The summed E-state index contributed by atoms with van der Waals surface area (Å²) in [6, 6.07) is 4.91. The van der Waals surface area contributed by atoms with E-state index in [1.807, 2.05) is 0 Å². The topological polar surface area (TPSA) is 109 Å². The number of carboxylic acid groups (broad SMARTS) is 1. The second-order valence-electron chi connectivity index (χ2n) is 7.82. The molecule has 3 aromatic rings. The van der Waals surface area contributed by atoms with E-state index in [0.29, 0.717) is 5.56 Å². The molecular formula is C23H21ClF2N2O5. The van der Waals surface area contributed by atoms with Crippen molar-refractivity contribution in [3.63, 3.8) is 0 Å². The summed E-state index contributed by atoms with van der Waals surface area (Å²) in [6.45, 7) is 4.62. The van der Waals surface area contributed by atoms with E-state index >= 15 is 0 Å². The first-order valence-electron chi connectivity index (χ1n) is 9.97. The largest absolute Gasteiger partial charge is 0.505 e. The summed E-state index contributed by atoms with van der Waals surface area (Å²) in [5.41, 5.74) is 0.646. The monoisotopic (exact) mass is 478 g/mol. The molecule has 0 aliphatic heterocycles. The van der Waals surface area contributed by atoms with E-state index < -0.39 is 47.1 Å². The Bertz CT molecular complexity index is 1290. The molecule has 174 valence electrons. The first-order valence-corrected chi connectivity index (χ1v) is 10.4. The lowest BCUT2D eigenvalue weighted by Crippen LogP contribution is -2.37. The average Bonchev–Trinajstić information content (AvgIpc) is 2.99. The van der Waals surface area contributed by atoms with E-state index in [2.05, 4.69) is 5.32 Å². The molecule has 2 aromatic carbocycles. The number of amides is 1. The summed E-state index contributed by atoms with van der Waals surface area (Å²) in [5.74, 6) is -5.61. The van der Waals surface area contributed by atoms with Crippen molar-refractivity contribution in [2.45, 2.75) is 39.2 Å². The molecule has 33 heavy (non-hydrogen) atoms. The number of fused-ring (bicyclic) bond motifs is 1. The molecule has 0 bridgehead atoms. The van der Waals surface area contributed by atoms with E-state index in [1.54, 1.807) is 13.8 Å². The number of nitrogens with one attached hydrogen (secondary N) is 1. The van der Waals surface area contributed by atoms with E-state index in [4.69, 9.17) is 16.7 Å². The number of halogens is 3. The van der Waals surface area contributed by atoms with Crippen LogP contribution in [0.4, 0.5) is 8.78 Å². The van der Waals surface area contributed by atoms with Crippen molar-refractivity contribution in [3.8, 4) is 5.75 Å². The maximum Gasteiger partial charge on any atom is 0.305 e. The molecule has 0 aliphatic carbocycles. The fourth-order valence-electron chi connectivity index (χ4n) is 3.83. The second kappa shape index (κ2) is 9.19. The Kier molecular flexibility index (Phi) is 6.73. The van der Waals surface area contributed by atoms with Crippen LogP contribution in [-0.4, -0.2) is 38.6 Å². The Morgan fingerprint density at radius 1 is 1.12 bits per heavy atom. The number of carbonyl (C=O) groups excluding carboxylic acids is 2. The summed E-state index contributed by atoms with van der Waals surface area (Å²) in [6.07, 6.45) is -0.286. The van der Waals surface area contributed by atoms with Crippen LogP contribution in [0.2, 0.25) is 5.02 Å². The normalized spacial score (nSPS) is 13.0. The van der Waals surface area contributed by atoms with Crippen LogP contribution < -0.4 is 5.32 Å². The van der Waals surface area contributed by atoms with Gasteiger partial charge in [-0.1, -0.05) is 11.6 Å². The van der Waals surface area contributed by atoms with Crippen molar-refractivity contribution < 1.29 is 33.4 Å². The third kappa shape index (κ3) is 4.68. The van der Waals surface area contributed by atoms with Gasteiger partial charge in [-0.15, -0.1) is 0 Å². The first-order chi connectivity index (χ1) is 15.4. The lowest BCUT2D eigenvalue weighted by atomic mass is 9.96. The molecule has 1 amide bonds. The highest BCUT2D eigenvalue weighted by Crippen LogP contribution is 2.36. The average molecular weight is 479 g/mol. The third-order valence-electron chi connectivity index (χ3n) is 5.39. The van der Waals surface area contributed by atoms with Crippen LogP contribution in [0.1, 0.15) is 47.8 Å². The molecule has 0 radical (unpaired) electrons. The van der Waals surface area contributed by atoms with E-state index in [0.717, 1.165) is 22.8 Å². The van der Waals surface area contributed by atoms with Crippen LogP contribution in [0.3, 0.4) is 0 Å². The van der Waals surface area contributed by atoms with Gasteiger partial charge in [0.1, 0.15) is 5.82 Å². The van der Waals surface area contributed by atoms with Gasteiger partial charge >= 0.3 is 5.97 Å². The summed E-state index contributed by atoms with van der Waals surface area (Å²) >= 11 is 5.70. The van der Waals surface area contributed by atoms with Crippen LogP contribution in [0, 0.1) is 18.6 Å². The van der Waals surface area contributed by atoms with Crippen molar-refractivity contribution in [3.05, 3.63) is 63.8 Å². The summed E-state index contributed by atoms with van der Waals surface area (Å²) in [7, 11) is 0. The number of carboxylic acids is 1. The number of benzene rings is 2. The number of aliphatic carboxylic acids is 1. The van der Waals surface area contributed by atoms with E-state index in [-0.39, 0.29) is 33.6 Å². The fraction of sp³-hybridized carbons (Fsp3) is 0.261. The molecule has 3 N–H and O–H groups in total. The van der Waals surface area contributed by atoms with Crippen molar-refractivity contribution in [1.82, 2.24) is 9.88 Å². The molecule has 10 heteroatoms. The number of nitrogens with zero attached hydrogens (tertiary/aromatic N) is 1. The summed E-state index contributed by atoms with van der Waals surface area (Å²) in [5, 5.41) is 21.5. The minimum absolute atomic E-state index is 0.0517. The maximum absolute atomic E-state index is 14.2. The molecule has 1 aromatic heterocycles. The number of aromatic nitrogens is 1. The molecule has 0 saturated carbocycles. The van der Waals surface area contributed by atoms with Gasteiger partial charge in [-0.2, -0.15) is 0 Å². The minimum atomic E-state index is -1.08. The van der Waals surface area contributed by atoms with Gasteiger partial charge in [0.25, 0.3) is 5.91 Å². The standard InChI is InChI=1S/C23H21ClF2N2O5/c1-10(6-20(30)31)27-22(32)11(2)21-12(3)28(18-9-17(26)19(29)8-14(18)21)23(33)13-4-5-15(24)16(25)7-13/h4-5,7-11,29H,6H2,1-3H3,(H,27,32)(H,30,31)/t10-,11?/m0/s1. The van der Waals surface area contributed by atoms with Gasteiger partial charge in [0.15, 0.2) is 11.6 Å². The lowest BCUT2D eigenvalue weighted by molar-refractivity contribution is -0.137. The Balaban J connectivity index is 2.14. The molecule has 0 aliphatic rings. The zero-order chi connectivity index (χ0) is 24.6. The van der Waals surface area contributed by atoms with E-state index in [9.17, 15) is 28.3 Å². The van der Waals surface area contributed by atoms with Crippen molar-refractivity contribution in [1.29, 1.82) is 0 Å². The highest BCUT2D eigenvalue weighted by molar-refractivity contribution is 6.30. The lowest BCUT2D eigenvalue weighted by Gasteiger charge is -2.17. The first kappa shape index (κ1) is 24.2. The number of rotatable bonds is 6. The molecular weight excluding hydrogens is 458 g/mol. The van der Waals surface area contributed by atoms with Crippen LogP contribution in [-0.2, 0) is 9.59 Å². The van der Waals surface area contributed by atoms with Crippen LogP contribution in [0.5, 0.6) is 5.75 Å². The van der Waals surface area contributed by atoms with Gasteiger partial charge < -0.3 is 15.5 Å². The molecule has 3 rings (SSSR count). The maximum atomic E-state index is 14.2. The Morgan fingerprint density at radius 2 is 1.79 bits per heavy atom. The summed E-state index contributed by atoms with van der Waals surface area (Å²) < 4.78 is 29.3. The number of aromatic hydroxyl groups is 1. The number of phenolic OH excluding ortho intramolecular Hbond substituents is 1. The Hall–Kier alpha value is -3.46. The molecule has 1 heterocycles. The molecule has 0 saturated heterocycles. The number of phenols is 1. The van der Waals surface area contributed by atoms with Crippen LogP contribution in [0.25, 0.3) is 10.9 Å². The number of hydrogen-bond acceptors (Lipinski definition) is 4. The van der Waals surface area contributed by atoms with E-state index in [1.165, 1.54) is 19.1 Å². The SMILES string of the molecule is Cc1c(C(C)C(=O)N[C@@H](C)CC(=O)O)c2cc(O)c(F)cc2n1C(=O)c1ccc(Cl)c(F)c1. The van der Waals surface area contributed by atoms with Crippen molar-refractivity contribution in [2.75, 3.05) is 0 Å². The zero-order valence-corrected chi connectivity index (χ0v) is 18.7. The fourth-order valence-corrected chi connectivity index (χ4v) is 3.94. The minimum Gasteiger partial charge on any atom is -0.505 e. The molecule has 0 spiro atoms. The van der Waals surface area contributed by atoms with Gasteiger partial charge in [-0.05, 0) is 50.6 Å². The van der Waals surface area contributed by atoms with Gasteiger partial charge in [0, 0.05) is 28.8 Å². The van der Waals surface area contributed by atoms with Gasteiger partial charge in [-0.25, -0.2) is 8.78 Å². The van der Waals surface area contributed by atoms with Crippen molar-refractivity contribution >= 4 is 40.3 Å². The smallest absolute Gasteiger partial charge is 0.305 e. The van der Waals surface area contributed by atoms with Crippen LogP contribution >= 0.6 is 11.6 Å². The predicted octanol–water partition coefficient (Wildman–Crippen LogP) is 4.36. The zero-order valence-electron chi connectivity index (χ0n) is 17.9. The quantitative estimate of drug-likeness (QED) is 0.488. The molecule has 1 unspecified atom stereocenters. The van der Waals surface area contributed by atoms with Crippen molar-refractivity contribution in [2.24, 2.45) is 0 Å². The van der Waals surface area contributed by atoms with Gasteiger partial charge in [0.2, 0.25) is 5.91 Å². The molecule has 2 atom stereocenters. The summed E-state index contributed by atoms with van der Waals surface area (Å²) in [4.78, 5) is 37.0. The molecule has 0 fully saturated rings. The highest BCUT2D eigenvalue weighted by atomic mass is 35.5.